The van der Waals surface area contributed by atoms with Crippen LogP contribution >= 0.6 is 0 Å². The first-order chi connectivity index (χ1) is 11.8. The summed E-state index contributed by atoms with van der Waals surface area (Å²) in [6, 6.07) is 24.8. The number of amidine groups is 1. The van der Waals surface area contributed by atoms with E-state index in [1.165, 1.54) is 0 Å². The van der Waals surface area contributed by atoms with Gasteiger partial charge in [-0.1, -0.05) is 66.7 Å². The molecule has 4 rings (SSSR count). The van der Waals surface area contributed by atoms with Crippen molar-refractivity contribution >= 4 is 11.7 Å². The van der Waals surface area contributed by atoms with E-state index in [1.54, 1.807) is 6.20 Å². The summed E-state index contributed by atoms with van der Waals surface area (Å²) in [6.07, 6.45) is 1.69. The summed E-state index contributed by atoms with van der Waals surface area (Å²) in [6.45, 7) is 0. The van der Waals surface area contributed by atoms with Gasteiger partial charge in [0.05, 0.1) is 0 Å². The Morgan fingerprint density at radius 1 is 0.750 bits per heavy atom. The Balaban J connectivity index is 1.94. The van der Waals surface area contributed by atoms with Crippen molar-refractivity contribution in [2.75, 3.05) is 0 Å². The van der Waals surface area contributed by atoms with Crippen LogP contribution in [0.5, 0.6) is 0 Å². The van der Waals surface area contributed by atoms with Crippen LogP contribution in [0.15, 0.2) is 90.1 Å². The van der Waals surface area contributed by atoms with Gasteiger partial charge in [0.1, 0.15) is 5.69 Å². The number of carbonyl (C=O) groups excluding carboxylic acids is 1. The average molecular weight is 313 g/mol. The van der Waals surface area contributed by atoms with Gasteiger partial charge in [0.15, 0.2) is 11.4 Å². The number of rotatable bonds is 3. The Morgan fingerprint density at radius 3 is 1.88 bits per heavy atom. The number of nitrogens with one attached hydrogen (secondary N) is 1. The van der Waals surface area contributed by atoms with Crippen LogP contribution in [0.2, 0.25) is 0 Å². The highest BCUT2D eigenvalue weighted by atomic mass is 16.2. The van der Waals surface area contributed by atoms with Crippen molar-refractivity contribution in [3.63, 3.8) is 0 Å². The Bertz CT molecular complexity index is 850. The lowest BCUT2D eigenvalue weighted by Crippen LogP contribution is -2.38. The smallest absolute Gasteiger partial charge is 0.262 e. The standard InChI is InChI=1S/C20H15N3O/c24-19-20(15-9-3-1-4-10-15,16-11-5-2-6-12-16)23-18(22-19)17-13-7-8-14-21-17/h1-14H,(H,22,23,24). The number of amides is 1. The molecule has 2 heterocycles. The molecular weight excluding hydrogens is 298 g/mol. The minimum atomic E-state index is -1.09. The van der Waals surface area contributed by atoms with E-state index in [4.69, 9.17) is 4.99 Å². The molecule has 0 atom stereocenters. The Morgan fingerprint density at radius 2 is 1.33 bits per heavy atom. The van der Waals surface area contributed by atoms with Crippen LogP contribution in [0.4, 0.5) is 0 Å². The fourth-order valence-corrected chi connectivity index (χ4v) is 2.99. The fraction of sp³-hybridized carbons (Fsp3) is 0.0500. The minimum Gasteiger partial charge on any atom is -0.306 e. The van der Waals surface area contributed by atoms with E-state index in [0.717, 1.165) is 11.1 Å². The van der Waals surface area contributed by atoms with Gasteiger partial charge in [-0.05, 0) is 23.3 Å². The van der Waals surface area contributed by atoms with Crippen molar-refractivity contribution in [3.8, 4) is 0 Å². The zero-order valence-electron chi connectivity index (χ0n) is 12.9. The van der Waals surface area contributed by atoms with Crippen LogP contribution in [-0.4, -0.2) is 16.7 Å². The van der Waals surface area contributed by atoms with Crippen LogP contribution in [0.1, 0.15) is 16.8 Å². The third kappa shape index (κ3) is 2.20. The van der Waals surface area contributed by atoms with Crippen molar-refractivity contribution in [2.24, 2.45) is 4.99 Å². The molecule has 0 spiro atoms. The molecule has 4 heteroatoms. The largest absolute Gasteiger partial charge is 0.306 e. The first-order valence-electron chi connectivity index (χ1n) is 7.74. The second-order valence-corrected chi connectivity index (χ2v) is 5.57. The molecule has 4 nitrogen and oxygen atoms in total. The number of benzene rings is 2. The predicted octanol–water partition coefficient (Wildman–Crippen LogP) is 2.90. The van der Waals surface area contributed by atoms with Crippen molar-refractivity contribution in [1.29, 1.82) is 0 Å². The molecular formula is C20H15N3O. The molecule has 1 aromatic heterocycles. The molecule has 0 radical (unpaired) electrons. The third-order valence-electron chi connectivity index (χ3n) is 4.13. The second kappa shape index (κ2) is 5.74. The summed E-state index contributed by atoms with van der Waals surface area (Å²) in [4.78, 5) is 22.1. The van der Waals surface area contributed by atoms with E-state index in [1.807, 2.05) is 78.9 Å². The van der Waals surface area contributed by atoms with Crippen molar-refractivity contribution in [1.82, 2.24) is 10.3 Å². The number of pyridine rings is 1. The lowest BCUT2D eigenvalue weighted by atomic mass is 9.83. The summed E-state index contributed by atoms with van der Waals surface area (Å²) >= 11 is 0. The third-order valence-corrected chi connectivity index (χ3v) is 4.13. The number of hydrogen-bond acceptors (Lipinski definition) is 3. The van der Waals surface area contributed by atoms with Crippen molar-refractivity contribution in [3.05, 3.63) is 102 Å². The summed E-state index contributed by atoms with van der Waals surface area (Å²) < 4.78 is 0. The number of carbonyl (C=O) groups is 1. The van der Waals surface area contributed by atoms with Gasteiger partial charge in [0, 0.05) is 6.20 Å². The van der Waals surface area contributed by atoms with Gasteiger partial charge in [-0.15, -0.1) is 0 Å². The van der Waals surface area contributed by atoms with Gasteiger partial charge in [-0.25, -0.2) is 4.99 Å². The van der Waals surface area contributed by atoms with E-state index >= 15 is 0 Å². The highest BCUT2D eigenvalue weighted by molar-refractivity contribution is 6.16. The number of hydrogen-bond donors (Lipinski definition) is 1. The van der Waals surface area contributed by atoms with E-state index in [-0.39, 0.29) is 5.91 Å². The molecule has 3 aromatic rings. The van der Waals surface area contributed by atoms with Crippen molar-refractivity contribution in [2.45, 2.75) is 5.54 Å². The SMILES string of the molecule is O=C1NC(c2ccccn2)=NC1(c1ccccc1)c1ccccc1. The fourth-order valence-electron chi connectivity index (χ4n) is 2.99. The average Bonchev–Trinajstić information content (AvgIpc) is 3.02. The van der Waals surface area contributed by atoms with Gasteiger partial charge in [0.2, 0.25) is 0 Å². The van der Waals surface area contributed by atoms with E-state index in [0.29, 0.717) is 11.5 Å². The van der Waals surface area contributed by atoms with Crippen LogP contribution in [0, 0.1) is 0 Å². The van der Waals surface area contributed by atoms with Crippen LogP contribution in [0.3, 0.4) is 0 Å². The van der Waals surface area contributed by atoms with Crippen molar-refractivity contribution < 1.29 is 4.79 Å². The molecule has 1 N–H and O–H groups in total. The van der Waals surface area contributed by atoms with Gasteiger partial charge in [0.25, 0.3) is 5.91 Å². The van der Waals surface area contributed by atoms with Crippen LogP contribution < -0.4 is 5.32 Å². The number of aromatic nitrogens is 1. The molecule has 0 fully saturated rings. The van der Waals surface area contributed by atoms with E-state index in [9.17, 15) is 4.79 Å². The van der Waals surface area contributed by atoms with Gasteiger partial charge < -0.3 is 5.32 Å². The summed E-state index contributed by atoms with van der Waals surface area (Å²) in [7, 11) is 0. The Hall–Kier alpha value is -3.27. The maximum absolute atomic E-state index is 13.0. The molecule has 0 unspecified atom stereocenters. The first kappa shape index (κ1) is 14.3. The lowest BCUT2D eigenvalue weighted by Gasteiger charge is -2.24. The molecule has 116 valence electrons. The highest BCUT2D eigenvalue weighted by Gasteiger charge is 2.47. The zero-order chi connectivity index (χ0) is 16.4. The quantitative estimate of drug-likeness (QED) is 0.808. The minimum absolute atomic E-state index is 0.166. The Labute approximate surface area is 139 Å². The molecule has 1 aliphatic heterocycles. The van der Waals surface area contributed by atoms with E-state index < -0.39 is 5.54 Å². The topological polar surface area (TPSA) is 54.4 Å². The van der Waals surface area contributed by atoms with Gasteiger partial charge >= 0.3 is 0 Å². The molecule has 0 saturated carbocycles. The van der Waals surface area contributed by atoms with Crippen LogP contribution in [-0.2, 0) is 10.3 Å². The van der Waals surface area contributed by atoms with Gasteiger partial charge in [-0.2, -0.15) is 0 Å². The number of aliphatic imine (C=N–C) groups is 1. The molecule has 0 aliphatic carbocycles. The summed E-state index contributed by atoms with van der Waals surface area (Å²) in [5, 5.41) is 2.91. The van der Waals surface area contributed by atoms with Crippen LogP contribution in [0.25, 0.3) is 0 Å². The maximum atomic E-state index is 13.0. The molecule has 1 amide bonds. The monoisotopic (exact) mass is 313 g/mol. The molecule has 0 saturated heterocycles. The molecule has 2 aromatic carbocycles. The highest BCUT2D eigenvalue weighted by Crippen LogP contribution is 2.37. The maximum Gasteiger partial charge on any atom is 0.262 e. The lowest BCUT2D eigenvalue weighted by molar-refractivity contribution is -0.122. The first-order valence-corrected chi connectivity index (χ1v) is 7.74. The Kier molecular flexibility index (Phi) is 3.43. The molecule has 1 aliphatic rings. The summed E-state index contributed by atoms with van der Waals surface area (Å²) in [5.74, 6) is 0.328. The summed E-state index contributed by atoms with van der Waals surface area (Å²) in [5.41, 5.74) is 1.23. The zero-order valence-corrected chi connectivity index (χ0v) is 12.9. The number of nitrogens with zero attached hydrogens (tertiary/aromatic N) is 2. The van der Waals surface area contributed by atoms with E-state index in [2.05, 4.69) is 10.3 Å². The second-order valence-electron chi connectivity index (χ2n) is 5.57. The normalized spacial score (nSPS) is 15.7. The molecule has 0 bridgehead atoms. The predicted molar refractivity (Wildman–Crippen MR) is 92.6 cm³/mol. The van der Waals surface area contributed by atoms with Gasteiger partial charge in [-0.3, -0.25) is 9.78 Å². The molecule has 24 heavy (non-hydrogen) atoms.